The Bertz CT molecular complexity index is 704. The molecule has 0 aliphatic carbocycles. The van der Waals surface area contributed by atoms with Crippen LogP contribution in [-0.4, -0.2) is 90.0 Å². The Labute approximate surface area is 156 Å². The highest BCUT2D eigenvalue weighted by Gasteiger charge is 2.40. The van der Waals surface area contributed by atoms with Crippen LogP contribution in [0.1, 0.15) is 11.9 Å². The largest absolute Gasteiger partial charge is 0.397 e. The molecule has 152 valence electrons. The quantitative estimate of drug-likeness (QED) is 0.435. The highest BCUT2D eigenvalue weighted by molar-refractivity contribution is 7.80. The summed E-state index contributed by atoms with van der Waals surface area (Å²) in [4.78, 5) is 1.63. The van der Waals surface area contributed by atoms with Gasteiger partial charge in [0.15, 0.2) is 6.29 Å². The lowest BCUT2D eigenvalue weighted by Gasteiger charge is -2.41. The molecular weight excluding hydrogens is 382 g/mol. The summed E-state index contributed by atoms with van der Waals surface area (Å²) in [7, 11) is -4.73. The van der Waals surface area contributed by atoms with Gasteiger partial charge in [-0.2, -0.15) is 8.42 Å². The van der Waals surface area contributed by atoms with E-state index in [4.69, 9.17) is 14.0 Å². The van der Waals surface area contributed by atoms with Gasteiger partial charge in [-0.1, -0.05) is 30.3 Å². The second-order valence-electron chi connectivity index (χ2n) is 6.66. The summed E-state index contributed by atoms with van der Waals surface area (Å²) in [5.41, 5.74) is 0.724. The first-order valence-electron chi connectivity index (χ1n) is 8.47. The predicted octanol–water partition coefficient (Wildman–Crippen LogP) is -1.31. The van der Waals surface area contributed by atoms with Crippen molar-refractivity contribution < 1.29 is 41.9 Å². The van der Waals surface area contributed by atoms with Crippen LogP contribution in [-0.2, 0) is 24.1 Å². The summed E-state index contributed by atoms with van der Waals surface area (Å²) in [5, 5.41) is 29.3. The number of nitrogens with zero attached hydrogens (tertiary/aromatic N) is 1. The maximum absolute atomic E-state index is 11.1. The molecule has 6 atom stereocenters. The molecule has 2 aliphatic heterocycles. The summed E-state index contributed by atoms with van der Waals surface area (Å²) in [6, 6.07) is 9.01. The highest BCUT2D eigenvalue weighted by Crippen LogP contribution is 2.29. The van der Waals surface area contributed by atoms with E-state index in [2.05, 4.69) is 4.18 Å². The molecule has 0 amide bonds. The van der Waals surface area contributed by atoms with Gasteiger partial charge in [0, 0.05) is 25.2 Å². The van der Waals surface area contributed by atoms with Crippen molar-refractivity contribution in [1.29, 1.82) is 0 Å². The molecule has 3 rings (SSSR count). The molecule has 0 saturated carbocycles. The van der Waals surface area contributed by atoms with Crippen molar-refractivity contribution >= 4 is 10.4 Å². The van der Waals surface area contributed by atoms with E-state index in [1.807, 2.05) is 6.07 Å². The Balaban J connectivity index is 1.73. The van der Waals surface area contributed by atoms with Crippen LogP contribution < -0.4 is 0 Å². The maximum atomic E-state index is 11.1. The molecule has 0 aromatic heterocycles. The molecule has 2 unspecified atom stereocenters. The molecule has 2 aliphatic rings. The third-order valence-corrected chi connectivity index (χ3v) is 5.05. The fourth-order valence-corrected chi connectivity index (χ4v) is 3.74. The molecular formula is C16H23NO9S. The molecule has 2 heterocycles. The first-order valence-corrected chi connectivity index (χ1v) is 9.83. The lowest BCUT2D eigenvalue weighted by molar-refractivity contribution is -0.256. The number of likely N-dealkylation sites (tertiary alicyclic amines) is 1. The van der Waals surface area contributed by atoms with E-state index in [-0.39, 0.29) is 26.2 Å². The second kappa shape index (κ2) is 8.47. The molecule has 1 aromatic carbocycles. The van der Waals surface area contributed by atoms with Gasteiger partial charge in [-0.25, -0.2) is 4.18 Å². The van der Waals surface area contributed by atoms with Crippen LogP contribution >= 0.6 is 0 Å². The number of hydrogen-bond donors (Lipinski definition) is 4. The second-order valence-corrected chi connectivity index (χ2v) is 7.70. The molecule has 10 nitrogen and oxygen atoms in total. The van der Waals surface area contributed by atoms with Crippen LogP contribution in [0.3, 0.4) is 0 Å². The summed E-state index contributed by atoms with van der Waals surface area (Å²) >= 11 is 0. The highest BCUT2D eigenvalue weighted by atomic mass is 32.3. The van der Waals surface area contributed by atoms with Crippen molar-refractivity contribution in [3.8, 4) is 0 Å². The molecule has 27 heavy (non-hydrogen) atoms. The van der Waals surface area contributed by atoms with Crippen molar-refractivity contribution in [2.45, 2.75) is 36.8 Å². The molecule has 0 spiro atoms. The Morgan fingerprint density at radius 3 is 2.33 bits per heavy atom. The topological polar surface area (TPSA) is 146 Å². The number of β-amino-alcohol motifs (C(OH)–C–C–N with tert-alkyl or cyclic N) is 2. The summed E-state index contributed by atoms with van der Waals surface area (Å²) in [6.07, 6.45) is -6.26. The Kier molecular flexibility index (Phi) is 6.46. The van der Waals surface area contributed by atoms with Crippen LogP contribution in [0.5, 0.6) is 0 Å². The molecule has 0 radical (unpaired) electrons. The number of aliphatic hydroxyl groups is 3. The van der Waals surface area contributed by atoms with Gasteiger partial charge in [-0.3, -0.25) is 9.45 Å². The van der Waals surface area contributed by atoms with Crippen LogP contribution in [0.4, 0.5) is 0 Å². The van der Waals surface area contributed by atoms with Crippen LogP contribution in [0.25, 0.3) is 0 Å². The monoisotopic (exact) mass is 405 g/mol. The number of hydrogen-bond acceptors (Lipinski definition) is 9. The van der Waals surface area contributed by atoms with Crippen molar-refractivity contribution in [2.24, 2.45) is 0 Å². The molecule has 0 bridgehead atoms. The van der Waals surface area contributed by atoms with E-state index in [1.165, 1.54) is 0 Å². The van der Waals surface area contributed by atoms with Gasteiger partial charge in [0.1, 0.15) is 18.3 Å². The normalized spacial score (nSPS) is 35.9. The van der Waals surface area contributed by atoms with Crippen LogP contribution in [0.15, 0.2) is 30.3 Å². The Morgan fingerprint density at radius 1 is 1.11 bits per heavy atom. The molecule has 1 aromatic rings. The predicted molar refractivity (Wildman–Crippen MR) is 90.9 cm³/mol. The Hall–Kier alpha value is -1.15. The van der Waals surface area contributed by atoms with Crippen molar-refractivity contribution in [3.63, 3.8) is 0 Å². The average molecular weight is 405 g/mol. The van der Waals surface area contributed by atoms with Gasteiger partial charge in [-0.15, -0.1) is 0 Å². The van der Waals surface area contributed by atoms with Gasteiger partial charge in [0.2, 0.25) is 0 Å². The van der Waals surface area contributed by atoms with Gasteiger partial charge in [-0.05, 0) is 0 Å². The van der Waals surface area contributed by atoms with Crippen molar-refractivity contribution in [3.05, 3.63) is 35.9 Å². The van der Waals surface area contributed by atoms with E-state index in [0.717, 1.165) is 5.56 Å². The van der Waals surface area contributed by atoms with Gasteiger partial charge < -0.3 is 24.8 Å². The van der Waals surface area contributed by atoms with Crippen LogP contribution in [0, 0.1) is 0 Å². The van der Waals surface area contributed by atoms with Crippen molar-refractivity contribution in [1.82, 2.24) is 4.90 Å². The zero-order valence-corrected chi connectivity index (χ0v) is 15.2. The fourth-order valence-electron chi connectivity index (χ4n) is 3.25. The lowest BCUT2D eigenvalue weighted by atomic mass is 10.0. The van der Waals surface area contributed by atoms with E-state index >= 15 is 0 Å². The minimum absolute atomic E-state index is 0.0630. The van der Waals surface area contributed by atoms with E-state index in [9.17, 15) is 23.7 Å². The minimum atomic E-state index is -4.73. The standard InChI is InChI=1S/C16H23NO9S/c18-11-6-17(7-12(19)15(11)20)8-13-14(26-27(21,22)23)9-24-16(25-13)10-4-2-1-3-5-10/h1-5,11-16,18-20H,6-9H2,(H,21,22,23)/t11-,12+,13-,14?,15+,16?/m1/s1. The zero-order chi connectivity index (χ0) is 19.6. The molecule has 4 N–H and O–H groups in total. The number of piperidine rings is 1. The SMILES string of the molecule is O=S(=O)(O)OC1COC(c2ccccc2)O[C@@H]1CN1C[C@@H](O)[C@H](O)[C@@H](O)C1. The number of ether oxygens (including phenoxy) is 2. The smallest absolute Gasteiger partial charge is 0.389 e. The molecule has 2 saturated heterocycles. The third-order valence-electron chi connectivity index (χ3n) is 4.56. The summed E-state index contributed by atoms with van der Waals surface area (Å²) in [5.74, 6) is 0. The van der Waals surface area contributed by atoms with Gasteiger partial charge in [0.25, 0.3) is 0 Å². The van der Waals surface area contributed by atoms with Crippen molar-refractivity contribution in [2.75, 3.05) is 26.2 Å². The third kappa shape index (κ3) is 5.44. The maximum Gasteiger partial charge on any atom is 0.397 e. The van der Waals surface area contributed by atoms with Crippen LogP contribution in [0.2, 0.25) is 0 Å². The zero-order valence-electron chi connectivity index (χ0n) is 14.4. The first kappa shape index (κ1) is 20.6. The van der Waals surface area contributed by atoms with E-state index in [1.54, 1.807) is 29.2 Å². The van der Waals surface area contributed by atoms with Gasteiger partial charge in [0.05, 0.1) is 18.8 Å². The van der Waals surface area contributed by atoms with E-state index < -0.39 is 47.2 Å². The number of benzene rings is 1. The van der Waals surface area contributed by atoms with E-state index in [0.29, 0.717) is 0 Å². The number of rotatable bonds is 5. The average Bonchev–Trinajstić information content (AvgIpc) is 2.60. The molecule has 11 heteroatoms. The summed E-state index contributed by atoms with van der Waals surface area (Å²) < 4.78 is 47.3. The number of aliphatic hydroxyl groups excluding tert-OH is 3. The minimum Gasteiger partial charge on any atom is -0.389 e. The fraction of sp³-hybridized carbons (Fsp3) is 0.625. The summed E-state index contributed by atoms with van der Waals surface area (Å²) in [6.45, 7) is 0.0698. The van der Waals surface area contributed by atoms with Gasteiger partial charge >= 0.3 is 10.4 Å². The Morgan fingerprint density at radius 2 is 1.74 bits per heavy atom. The molecule has 2 fully saturated rings. The lowest BCUT2D eigenvalue weighted by Crippen LogP contribution is -2.58. The first-order chi connectivity index (χ1) is 12.7.